The zero-order chi connectivity index (χ0) is 25.4. The van der Waals surface area contributed by atoms with Crippen molar-refractivity contribution in [2.45, 2.75) is 37.9 Å². The Morgan fingerprint density at radius 1 is 1.11 bits per heavy atom. The first-order valence-corrected chi connectivity index (χ1v) is 12.8. The first-order chi connectivity index (χ1) is 18.1. The van der Waals surface area contributed by atoms with Gasteiger partial charge < -0.3 is 25.6 Å². The molecular weight excluding hydrogens is 464 g/mol. The van der Waals surface area contributed by atoms with E-state index in [0.717, 1.165) is 67.2 Å². The monoisotopic (exact) mass is 494 g/mol. The lowest BCUT2D eigenvalue weighted by molar-refractivity contribution is -0.00876. The average Bonchev–Trinajstić information content (AvgIpc) is 3.49. The summed E-state index contributed by atoms with van der Waals surface area (Å²) in [5, 5.41) is 30.0. The quantitative estimate of drug-likeness (QED) is 0.415. The molecule has 5 aliphatic rings. The molecule has 0 amide bonds. The van der Waals surface area contributed by atoms with E-state index in [0.29, 0.717) is 23.4 Å². The number of aromatic hydroxyl groups is 1. The second kappa shape index (κ2) is 9.71. The van der Waals surface area contributed by atoms with E-state index >= 15 is 0 Å². The van der Waals surface area contributed by atoms with Crippen LogP contribution in [0.1, 0.15) is 30.4 Å². The molecule has 2 unspecified atom stereocenters. The van der Waals surface area contributed by atoms with Gasteiger partial charge in [-0.1, -0.05) is 6.07 Å². The van der Waals surface area contributed by atoms with Crippen LogP contribution in [0.4, 0.5) is 5.82 Å². The molecule has 0 aromatic carbocycles. The number of allylic oxidation sites excluding steroid dienone is 3. The van der Waals surface area contributed by atoms with Crippen LogP contribution in [0.3, 0.4) is 0 Å². The molecule has 5 aliphatic heterocycles. The molecule has 9 heteroatoms. The second-order valence-corrected chi connectivity index (χ2v) is 10.1. The normalized spacial score (nSPS) is 24.4. The van der Waals surface area contributed by atoms with E-state index in [1.807, 2.05) is 18.5 Å². The number of likely N-dealkylation sites (tertiary alicyclic amines) is 1. The highest BCUT2D eigenvalue weighted by molar-refractivity contribution is 5.93. The number of hydrogen-bond acceptors (Lipinski definition) is 9. The van der Waals surface area contributed by atoms with Crippen molar-refractivity contribution in [2.24, 2.45) is 0 Å². The van der Waals surface area contributed by atoms with Crippen molar-refractivity contribution in [3.05, 3.63) is 77.0 Å². The van der Waals surface area contributed by atoms with Crippen LogP contribution in [0, 0.1) is 16.7 Å². The molecule has 0 radical (unpaired) electrons. The van der Waals surface area contributed by atoms with Gasteiger partial charge in [-0.05, 0) is 43.0 Å². The number of aromatic nitrogens is 2. The van der Waals surface area contributed by atoms with Gasteiger partial charge in [0.15, 0.2) is 0 Å². The number of pyridine rings is 2. The van der Waals surface area contributed by atoms with Gasteiger partial charge in [-0.15, -0.1) is 0 Å². The summed E-state index contributed by atoms with van der Waals surface area (Å²) >= 11 is 0. The number of nitriles is 1. The molecule has 0 saturated carbocycles. The van der Waals surface area contributed by atoms with E-state index in [4.69, 9.17) is 10.4 Å². The van der Waals surface area contributed by atoms with Gasteiger partial charge in [0.05, 0.1) is 17.0 Å². The topological polar surface area (TPSA) is 115 Å². The third-order valence-electron chi connectivity index (χ3n) is 7.83. The molecule has 0 spiro atoms. The molecule has 7 rings (SSSR count). The fourth-order valence-corrected chi connectivity index (χ4v) is 5.84. The average molecular weight is 495 g/mol. The Hall–Kier alpha value is -4.16. The van der Waals surface area contributed by atoms with Crippen LogP contribution in [0.25, 0.3) is 5.57 Å². The van der Waals surface area contributed by atoms with Crippen LogP contribution in [-0.4, -0.2) is 69.4 Å². The molecule has 2 aromatic rings. The summed E-state index contributed by atoms with van der Waals surface area (Å²) in [6, 6.07) is 10.8. The smallest absolute Gasteiger partial charge is 0.210 e. The van der Waals surface area contributed by atoms with E-state index in [1.165, 1.54) is 19.3 Å². The maximum atomic E-state index is 9.59. The van der Waals surface area contributed by atoms with Gasteiger partial charge in [0, 0.05) is 86.8 Å². The van der Waals surface area contributed by atoms with Crippen LogP contribution >= 0.6 is 0 Å². The van der Waals surface area contributed by atoms with Gasteiger partial charge in [0.25, 0.3) is 0 Å². The Labute approximate surface area is 216 Å². The van der Waals surface area contributed by atoms with Gasteiger partial charge in [0.2, 0.25) is 5.88 Å². The second-order valence-electron chi connectivity index (χ2n) is 10.1. The van der Waals surface area contributed by atoms with Crippen LogP contribution in [0.15, 0.2) is 65.9 Å². The minimum Gasteiger partial charge on any atom is -0.493 e. The van der Waals surface area contributed by atoms with Gasteiger partial charge in [-0.3, -0.25) is 4.90 Å². The van der Waals surface area contributed by atoms with Crippen molar-refractivity contribution >= 4 is 17.6 Å². The first kappa shape index (κ1) is 23.3. The summed E-state index contributed by atoms with van der Waals surface area (Å²) < 4.78 is 0. The summed E-state index contributed by atoms with van der Waals surface area (Å²) in [6.45, 7) is 4.76. The molecule has 2 aromatic heterocycles. The highest BCUT2D eigenvalue weighted by Gasteiger charge is 2.44. The summed E-state index contributed by atoms with van der Waals surface area (Å²) in [6.07, 6.45) is 12.3. The van der Waals surface area contributed by atoms with Crippen LogP contribution in [0.5, 0.6) is 5.88 Å². The lowest BCUT2D eigenvalue weighted by Gasteiger charge is -2.56. The SMILES string of the molecule is N#C/C(C=N)=C1/NC=C(N2CCCC2)C=C1c1ccc(N2CC3CC(C2)N3Cc2ccc(O)nc2)nc1. The predicted octanol–water partition coefficient (Wildman–Crippen LogP) is 3.00. The molecule has 2 bridgehead atoms. The Morgan fingerprint density at radius 2 is 1.92 bits per heavy atom. The fraction of sp³-hybridized carbons (Fsp3) is 0.357. The summed E-state index contributed by atoms with van der Waals surface area (Å²) in [7, 11) is 0. The van der Waals surface area contributed by atoms with E-state index in [-0.39, 0.29) is 5.88 Å². The standard InChI is InChI=1S/C28H30N8O/c29-11-21(12-30)28-25(10-22(15-33-28)34-7-1-2-8-34)20-4-5-26(31-14-20)35-17-23-9-24(18-35)36(23)16-19-3-6-27(37)32-13-19/h3-6,10-11,13-15,23-24,29,33H,1-2,7-9,16-18H2,(H,32,37)/b28-21+,29-11?. The Kier molecular flexibility index (Phi) is 6.10. The molecule has 0 aliphatic carbocycles. The molecule has 7 heterocycles. The fourth-order valence-electron chi connectivity index (χ4n) is 5.84. The number of piperidine rings is 1. The third-order valence-corrected chi connectivity index (χ3v) is 7.83. The van der Waals surface area contributed by atoms with E-state index in [9.17, 15) is 10.4 Å². The number of rotatable bonds is 6. The van der Waals surface area contributed by atoms with Crippen molar-refractivity contribution in [3.63, 3.8) is 0 Å². The van der Waals surface area contributed by atoms with Crippen LogP contribution < -0.4 is 10.2 Å². The van der Waals surface area contributed by atoms with E-state index < -0.39 is 0 Å². The molecular formula is C28H30N8O. The summed E-state index contributed by atoms with van der Waals surface area (Å²) in [5.41, 5.74) is 4.97. The highest BCUT2D eigenvalue weighted by atomic mass is 16.3. The van der Waals surface area contributed by atoms with Crippen molar-refractivity contribution in [1.82, 2.24) is 25.1 Å². The lowest BCUT2D eigenvalue weighted by atomic mass is 9.87. The molecule has 4 saturated heterocycles. The molecule has 37 heavy (non-hydrogen) atoms. The molecule has 2 atom stereocenters. The Balaban J connectivity index is 1.19. The number of dihydropyridines is 1. The van der Waals surface area contributed by atoms with Gasteiger partial charge in [-0.2, -0.15) is 5.26 Å². The molecule has 3 N–H and O–H groups in total. The maximum absolute atomic E-state index is 9.59. The van der Waals surface area contributed by atoms with Gasteiger partial charge in [-0.25, -0.2) is 9.97 Å². The number of nitrogens with one attached hydrogen (secondary N) is 2. The van der Waals surface area contributed by atoms with Crippen LogP contribution in [0.2, 0.25) is 0 Å². The number of hydrogen-bond donors (Lipinski definition) is 3. The number of anilines is 1. The third kappa shape index (κ3) is 4.45. The zero-order valence-corrected chi connectivity index (χ0v) is 20.6. The van der Waals surface area contributed by atoms with E-state index in [1.54, 1.807) is 12.3 Å². The van der Waals surface area contributed by atoms with Crippen molar-refractivity contribution in [3.8, 4) is 11.9 Å². The van der Waals surface area contributed by atoms with Crippen molar-refractivity contribution in [1.29, 1.82) is 10.7 Å². The largest absolute Gasteiger partial charge is 0.493 e. The summed E-state index contributed by atoms with van der Waals surface area (Å²) in [5.74, 6) is 1.02. The molecule has 9 nitrogen and oxygen atoms in total. The molecule has 4 fully saturated rings. The predicted molar refractivity (Wildman–Crippen MR) is 142 cm³/mol. The minimum atomic E-state index is 0.0561. The first-order valence-electron chi connectivity index (χ1n) is 12.8. The number of nitrogens with zero attached hydrogens (tertiary/aromatic N) is 6. The number of piperazine rings is 1. The Morgan fingerprint density at radius 3 is 2.57 bits per heavy atom. The van der Waals surface area contributed by atoms with Crippen molar-refractivity contribution in [2.75, 3.05) is 31.1 Å². The van der Waals surface area contributed by atoms with Gasteiger partial charge >= 0.3 is 0 Å². The lowest BCUT2D eigenvalue weighted by Crippen LogP contribution is -2.68. The maximum Gasteiger partial charge on any atom is 0.210 e. The van der Waals surface area contributed by atoms with E-state index in [2.05, 4.69) is 49.3 Å². The highest BCUT2D eigenvalue weighted by Crippen LogP contribution is 2.36. The minimum absolute atomic E-state index is 0.0561. The van der Waals surface area contributed by atoms with Gasteiger partial charge in [0.1, 0.15) is 11.9 Å². The summed E-state index contributed by atoms with van der Waals surface area (Å²) in [4.78, 5) is 16.1. The zero-order valence-electron chi connectivity index (χ0n) is 20.6. The Bertz CT molecular complexity index is 1300. The van der Waals surface area contributed by atoms with Crippen LogP contribution in [-0.2, 0) is 6.54 Å². The van der Waals surface area contributed by atoms with Crippen molar-refractivity contribution < 1.29 is 5.11 Å². The number of fused-ring (bicyclic) bond motifs is 2. The molecule has 188 valence electrons.